The smallest absolute Gasteiger partial charge is 0.330 e. The predicted octanol–water partition coefficient (Wildman–Crippen LogP) is -0.297. The van der Waals surface area contributed by atoms with Crippen molar-refractivity contribution in [2.75, 3.05) is 0 Å². The Balaban J connectivity index is 2.94. The second-order valence-corrected chi connectivity index (χ2v) is 3.60. The van der Waals surface area contributed by atoms with Crippen LogP contribution in [0.25, 0.3) is 0 Å². The molecule has 1 rings (SSSR count). The van der Waals surface area contributed by atoms with Gasteiger partial charge in [0.2, 0.25) is 0 Å². The molecule has 0 atom stereocenters. The molecule has 0 fully saturated rings. The van der Waals surface area contributed by atoms with E-state index in [4.69, 9.17) is 0 Å². The molecule has 0 spiro atoms. The Morgan fingerprint density at radius 3 is 2.65 bits per heavy atom. The maximum Gasteiger partial charge on any atom is 0.330 e. The quantitative estimate of drug-likeness (QED) is 0.535. The highest BCUT2D eigenvalue weighted by atomic mass is 16.5. The van der Waals surface area contributed by atoms with Crippen molar-refractivity contribution in [3.8, 4) is 0 Å². The first-order valence-electron chi connectivity index (χ1n) is 5.01. The van der Waals surface area contributed by atoms with Crippen LogP contribution in [0.3, 0.4) is 0 Å². The molecule has 0 radical (unpaired) electrons. The van der Waals surface area contributed by atoms with E-state index in [1.807, 2.05) is 0 Å². The molecule has 1 aromatic heterocycles. The van der Waals surface area contributed by atoms with Gasteiger partial charge in [0, 0.05) is 39.2 Å². The Kier molecular flexibility index (Phi) is 4.03. The van der Waals surface area contributed by atoms with Crippen LogP contribution in [0.5, 0.6) is 0 Å². The number of carbonyl (C=O) groups is 1. The number of nitrogens with zero attached hydrogens (tertiary/aromatic N) is 2. The lowest BCUT2D eigenvalue weighted by molar-refractivity contribution is -0.135. The fourth-order valence-corrected chi connectivity index (χ4v) is 1.34. The van der Waals surface area contributed by atoms with Gasteiger partial charge in [0.05, 0.1) is 6.26 Å². The van der Waals surface area contributed by atoms with Crippen molar-refractivity contribution in [1.82, 2.24) is 9.13 Å². The number of carbonyl (C=O) groups excluding carboxylic acids is 1. The third-order valence-electron chi connectivity index (χ3n) is 2.19. The lowest BCUT2D eigenvalue weighted by Gasteiger charge is -2.04. The van der Waals surface area contributed by atoms with Crippen LogP contribution in [0.2, 0.25) is 0 Å². The molecule has 92 valence electrons. The summed E-state index contributed by atoms with van der Waals surface area (Å²) < 4.78 is 6.96. The van der Waals surface area contributed by atoms with E-state index < -0.39 is 5.97 Å². The Hall–Kier alpha value is -2.11. The fraction of sp³-hybridized carbons (Fsp3) is 0.364. The molecule has 6 nitrogen and oxygen atoms in total. The van der Waals surface area contributed by atoms with Crippen molar-refractivity contribution in [2.24, 2.45) is 14.1 Å². The molecule has 0 saturated carbocycles. The van der Waals surface area contributed by atoms with Gasteiger partial charge in [-0.05, 0) is 6.08 Å². The van der Waals surface area contributed by atoms with Crippen molar-refractivity contribution in [3.05, 3.63) is 44.9 Å². The van der Waals surface area contributed by atoms with Gasteiger partial charge in [-0.1, -0.05) is 0 Å². The molecule has 1 aromatic rings. The van der Waals surface area contributed by atoms with Crippen molar-refractivity contribution >= 4 is 5.97 Å². The van der Waals surface area contributed by atoms with Crippen molar-refractivity contribution in [3.63, 3.8) is 0 Å². The van der Waals surface area contributed by atoms with Crippen LogP contribution in [-0.2, 0) is 30.0 Å². The first-order chi connectivity index (χ1) is 7.93. The van der Waals surface area contributed by atoms with Crippen LogP contribution >= 0.6 is 0 Å². The minimum atomic E-state index is -0.422. The normalized spacial score (nSPS) is 10.8. The number of hydrogen-bond donors (Lipinski definition) is 0. The molecule has 0 aromatic carbocycles. The molecule has 0 N–H and O–H groups in total. The first-order valence-corrected chi connectivity index (χ1v) is 5.01. The van der Waals surface area contributed by atoms with Crippen LogP contribution in [0, 0.1) is 0 Å². The zero-order valence-electron chi connectivity index (χ0n) is 9.97. The van der Waals surface area contributed by atoms with Gasteiger partial charge >= 0.3 is 11.7 Å². The van der Waals surface area contributed by atoms with Crippen LogP contribution < -0.4 is 11.2 Å². The third kappa shape index (κ3) is 3.17. The SMILES string of the molecule is CC(=O)O/C=C/Cc1cn(C)c(=O)n(C)c1=O. The molecule has 0 saturated heterocycles. The molecule has 0 aliphatic carbocycles. The third-order valence-corrected chi connectivity index (χ3v) is 2.19. The summed E-state index contributed by atoms with van der Waals surface area (Å²) in [7, 11) is 2.99. The van der Waals surface area contributed by atoms with Gasteiger partial charge in [0.15, 0.2) is 0 Å². The van der Waals surface area contributed by atoms with Gasteiger partial charge in [-0.2, -0.15) is 0 Å². The number of allylic oxidation sites excluding steroid dienone is 1. The zero-order chi connectivity index (χ0) is 13.0. The maximum absolute atomic E-state index is 11.7. The number of ether oxygens (including phenoxy) is 1. The molecule has 1 heterocycles. The summed E-state index contributed by atoms with van der Waals surface area (Å²) in [6.07, 6.45) is 4.55. The lowest BCUT2D eigenvalue weighted by Crippen LogP contribution is -2.38. The van der Waals surface area contributed by atoms with E-state index in [1.54, 1.807) is 13.1 Å². The Labute approximate surface area is 97.8 Å². The van der Waals surface area contributed by atoms with Crippen LogP contribution in [0.4, 0.5) is 0 Å². The van der Waals surface area contributed by atoms with Crippen molar-refractivity contribution in [2.45, 2.75) is 13.3 Å². The fourth-order valence-electron chi connectivity index (χ4n) is 1.34. The van der Waals surface area contributed by atoms with Crippen LogP contribution in [0.15, 0.2) is 28.1 Å². The first kappa shape index (κ1) is 13.0. The summed E-state index contributed by atoms with van der Waals surface area (Å²) in [6.45, 7) is 1.29. The van der Waals surface area contributed by atoms with E-state index in [0.29, 0.717) is 12.0 Å². The summed E-state index contributed by atoms with van der Waals surface area (Å²) in [6, 6.07) is 0. The topological polar surface area (TPSA) is 70.3 Å². The molecular weight excluding hydrogens is 224 g/mol. The molecule has 0 unspecified atom stereocenters. The van der Waals surface area contributed by atoms with Gasteiger partial charge in [0.1, 0.15) is 0 Å². The standard InChI is InChI=1S/C11H14N2O4/c1-8(14)17-6-4-5-9-7-12(2)11(16)13(3)10(9)15/h4,6-7H,5H2,1-3H3/b6-4+. The lowest BCUT2D eigenvalue weighted by atomic mass is 10.2. The summed E-state index contributed by atoms with van der Waals surface area (Å²) in [5, 5.41) is 0. The van der Waals surface area contributed by atoms with Crippen molar-refractivity contribution < 1.29 is 9.53 Å². The highest BCUT2D eigenvalue weighted by Gasteiger charge is 2.04. The van der Waals surface area contributed by atoms with Crippen molar-refractivity contribution in [1.29, 1.82) is 0 Å². The summed E-state index contributed by atoms with van der Waals surface area (Å²) in [4.78, 5) is 33.6. The summed E-state index contributed by atoms with van der Waals surface area (Å²) >= 11 is 0. The van der Waals surface area contributed by atoms with E-state index in [2.05, 4.69) is 4.74 Å². The average molecular weight is 238 g/mol. The van der Waals surface area contributed by atoms with Crippen LogP contribution in [0.1, 0.15) is 12.5 Å². The van der Waals surface area contributed by atoms with Crippen LogP contribution in [-0.4, -0.2) is 15.1 Å². The molecule has 17 heavy (non-hydrogen) atoms. The van der Waals surface area contributed by atoms with Gasteiger partial charge in [0.25, 0.3) is 5.56 Å². The number of esters is 1. The number of hydrogen-bond acceptors (Lipinski definition) is 4. The van der Waals surface area contributed by atoms with Gasteiger partial charge in [-0.25, -0.2) is 4.79 Å². The van der Waals surface area contributed by atoms with E-state index in [0.717, 1.165) is 4.57 Å². The summed E-state index contributed by atoms with van der Waals surface area (Å²) in [5.74, 6) is -0.422. The average Bonchev–Trinajstić information content (AvgIpc) is 2.27. The maximum atomic E-state index is 11.7. The second-order valence-electron chi connectivity index (χ2n) is 3.60. The largest absolute Gasteiger partial charge is 0.435 e. The van der Waals surface area contributed by atoms with Gasteiger partial charge in [-0.15, -0.1) is 0 Å². The molecular formula is C11H14N2O4. The van der Waals surface area contributed by atoms with E-state index in [1.165, 1.54) is 31.0 Å². The molecule has 0 aliphatic rings. The van der Waals surface area contributed by atoms with Gasteiger partial charge in [-0.3, -0.25) is 14.2 Å². The Bertz CT molecular complexity index is 566. The number of aryl methyl sites for hydroxylation is 1. The minimum absolute atomic E-state index is 0.300. The van der Waals surface area contributed by atoms with E-state index >= 15 is 0 Å². The number of aromatic nitrogens is 2. The zero-order valence-corrected chi connectivity index (χ0v) is 9.97. The molecule has 0 aliphatic heterocycles. The highest BCUT2D eigenvalue weighted by Crippen LogP contribution is 1.92. The second kappa shape index (κ2) is 5.29. The minimum Gasteiger partial charge on any atom is -0.435 e. The Morgan fingerprint density at radius 1 is 1.41 bits per heavy atom. The molecule has 6 heteroatoms. The summed E-state index contributed by atoms with van der Waals surface area (Å²) in [5.41, 5.74) is -0.263. The monoisotopic (exact) mass is 238 g/mol. The molecule has 0 amide bonds. The van der Waals surface area contributed by atoms with Gasteiger partial charge < -0.3 is 9.30 Å². The molecule has 0 bridgehead atoms. The Morgan fingerprint density at radius 2 is 2.06 bits per heavy atom. The highest BCUT2D eigenvalue weighted by molar-refractivity contribution is 5.66. The number of rotatable bonds is 3. The van der Waals surface area contributed by atoms with E-state index in [9.17, 15) is 14.4 Å². The predicted molar refractivity (Wildman–Crippen MR) is 61.5 cm³/mol. The van der Waals surface area contributed by atoms with E-state index in [-0.39, 0.29) is 11.2 Å².